The Kier molecular flexibility index (Phi) is 3.29. The number of rotatable bonds is 2. The van der Waals surface area contributed by atoms with Gasteiger partial charge < -0.3 is 10.2 Å². The van der Waals surface area contributed by atoms with Gasteiger partial charge in [-0.3, -0.25) is 0 Å². The maximum Gasteiger partial charge on any atom is 0.133 e. The Labute approximate surface area is 105 Å². The molecule has 0 bridgehead atoms. The SMILES string of the molecule is Cc1cccc(Sc2c(O)cccc2O)c1C. The Morgan fingerprint density at radius 1 is 0.882 bits per heavy atom. The van der Waals surface area contributed by atoms with Gasteiger partial charge in [-0.25, -0.2) is 0 Å². The summed E-state index contributed by atoms with van der Waals surface area (Å²) >= 11 is 1.38. The molecular formula is C14H14O2S. The van der Waals surface area contributed by atoms with Crippen LogP contribution < -0.4 is 0 Å². The average molecular weight is 246 g/mol. The van der Waals surface area contributed by atoms with Gasteiger partial charge in [0.05, 0.1) is 4.90 Å². The van der Waals surface area contributed by atoms with Crippen LogP contribution in [0.25, 0.3) is 0 Å². The van der Waals surface area contributed by atoms with Gasteiger partial charge in [-0.15, -0.1) is 0 Å². The lowest BCUT2D eigenvalue weighted by Gasteiger charge is -2.10. The van der Waals surface area contributed by atoms with Crippen molar-refractivity contribution in [3.63, 3.8) is 0 Å². The number of phenols is 2. The minimum atomic E-state index is 0.107. The van der Waals surface area contributed by atoms with Crippen molar-refractivity contribution in [3.05, 3.63) is 47.5 Å². The summed E-state index contributed by atoms with van der Waals surface area (Å²) < 4.78 is 0. The molecule has 2 N–H and O–H groups in total. The summed E-state index contributed by atoms with van der Waals surface area (Å²) in [6, 6.07) is 10.8. The quantitative estimate of drug-likeness (QED) is 0.845. The van der Waals surface area contributed by atoms with Gasteiger partial charge in [-0.2, -0.15) is 0 Å². The smallest absolute Gasteiger partial charge is 0.133 e. The zero-order valence-electron chi connectivity index (χ0n) is 9.77. The Hall–Kier alpha value is -1.61. The Bertz CT molecular complexity index is 530. The van der Waals surface area contributed by atoms with Gasteiger partial charge in [-0.1, -0.05) is 30.0 Å². The van der Waals surface area contributed by atoms with Crippen molar-refractivity contribution >= 4 is 11.8 Å². The molecule has 0 heterocycles. The molecule has 0 saturated carbocycles. The van der Waals surface area contributed by atoms with Crippen LogP contribution in [0, 0.1) is 13.8 Å². The molecular weight excluding hydrogens is 232 g/mol. The fourth-order valence-corrected chi connectivity index (χ4v) is 2.59. The van der Waals surface area contributed by atoms with Crippen LogP contribution in [0.3, 0.4) is 0 Å². The lowest BCUT2D eigenvalue weighted by molar-refractivity contribution is 0.428. The van der Waals surface area contributed by atoms with E-state index < -0.39 is 0 Å². The molecule has 0 saturated heterocycles. The summed E-state index contributed by atoms with van der Waals surface area (Å²) in [5.74, 6) is 0.215. The summed E-state index contributed by atoms with van der Waals surface area (Å²) in [6.07, 6.45) is 0. The van der Waals surface area contributed by atoms with E-state index in [-0.39, 0.29) is 11.5 Å². The van der Waals surface area contributed by atoms with Crippen LogP contribution in [0.1, 0.15) is 11.1 Å². The maximum atomic E-state index is 9.73. The van der Waals surface area contributed by atoms with Crippen LogP contribution in [-0.4, -0.2) is 10.2 Å². The molecule has 88 valence electrons. The topological polar surface area (TPSA) is 40.5 Å². The predicted octanol–water partition coefficient (Wildman–Crippen LogP) is 3.87. The van der Waals surface area contributed by atoms with E-state index >= 15 is 0 Å². The summed E-state index contributed by atoms with van der Waals surface area (Å²) in [7, 11) is 0. The third-order valence-corrected chi connectivity index (χ3v) is 4.02. The highest BCUT2D eigenvalue weighted by Crippen LogP contribution is 2.41. The van der Waals surface area contributed by atoms with E-state index in [4.69, 9.17) is 0 Å². The summed E-state index contributed by atoms with van der Waals surface area (Å²) in [6.45, 7) is 4.08. The Balaban J connectivity index is 2.42. The number of aromatic hydroxyl groups is 2. The minimum absolute atomic E-state index is 0.107. The van der Waals surface area contributed by atoms with Gasteiger partial charge in [0.25, 0.3) is 0 Å². The summed E-state index contributed by atoms with van der Waals surface area (Å²) in [5, 5.41) is 19.5. The first-order chi connectivity index (χ1) is 8.09. The molecule has 2 rings (SSSR count). The average Bonchev–Trinajstić information content (AvgIpc) is 2.29. The van der Waals surface area contributed by atoms with E-state index in [9.17, 15) is 10.2 Å². The standard InChI is InChI=1S/C14H14O2S/c1-9-5-3-8-13(10(9)2)17-14-11(15)6-4-7-12(14)16/h3-8,15-16H,1-2H3. The lowest BCUT2D eigenvalue weighted by atomic mass is 10.1. The van der Waals surface area contributed by atoms with Crippen LogP contribution in [0.2, 0.25) is 0 Å². The molecule has 2 aromatic rings. The maximum absolute atomic E-state index is 9.73. The molecule has 0 aliphatic rings. The summed E-state index contributed by atoms with van der Waals surface area (Å²) in [4.78, 5) is 1.54. The molecule has 2 nitrogen and oxygen atoms in total. The van der Waals surface area contributed by atoms with Crippen molar-refractivity contribution in [2.24, 2.45) is 0 Å². The van der Waals surface area contributed by atoms with E-state index in [2.05, 4.69) is 0 Å². The summed E-state index contributed by atoms with van der Waals surface area (Å²) in [5.41, 5.74) is 2.37. The molecule has 0 atom stereocenters. The van der Waals surface area contributed by atoms with Gasteiger partial charge in [-0.05, 0) is 43.2 Å². The van der Waals surface area contributed by atoms with E-state index in [0.29, 0.717) is 4.90 Å². The second kappa shape index (κ2) is 4.72. The zero-order valence-corrected chi connectivity index (χ0v) is 10.6. The fraction of sp³-hybridized carbons (Fsp3) is 0.143. The number of hydrogen-bond donors (Lipinski definition) is 2. The lowest BCUT2D eigenvalue weighted by Crippen LogP contribution is -1.85. The first kappa shape index (κ1) is 11.9. The van der Waals surface area contributed by atoms with E-state index in [1.165, 1.54) is 22.9 Å². The minimum Gasteiger partial charge on any atom is -0.507 e. The highest BCUT2D eigenvalue weighted by molar-refractivity contribution is 7.99. The van der Waals surface area contributed by atoms with Crippen molar-refractivity contribution in [2.45, 2.75) is 23.6 Å². The first-order valence-electron chi connectivity index (χ1n) is 5.34. The second-order valence-electron chi connectivity index (χ2n) is 3.93. The number of benzene rings is 2. The van der Waals surface area contributed by atoms with Crippen molar-refractivity contribution < 1.29 is 10.2 Å². The van der Waals surface area contributed by atoms with Crippen molar-refractivity contribution in [3.8, 4) is 11.5 Å². The number of aryl methyl sites for hydroxylation is 1. The molecule has 0 radical (unpaired) electrons. The normalized spacial score (nSPS) is 10.5. The molecule has 0 aromatic heterocycles. The molecule has 0 aliphatic carbocycles. The van der Waals surface area contributed by atoms with Gasteiger partial charge >= 0.3 is 0 Å². The third-order valence-electron chi connectivity index (χ3n) is 2.74. The van der Waals surface area contributed by atoms with Crippen molar-refractivity contribution in [1.29, 1.82) is 0 Å². The molecule has 17 heavy (non-hydrogen) atoms. The van der Waals surface area contributed by atoms with Crippen LogP contribution in [0.5, 0.6) is 11.5 Å². The predicted molar refractivity (Wildman–Crippen MR) is 69.8 cm³/mol. The van der Waals surface area contributed by atoms with Crippen LogP contribution in [-0.2, 0) is 0 Å². The Morgan fingerprint density at radius 2 is 1.47 bits per heavy atom. The van der Waals surface area contributed by atoms with Gasteiger partial charge in [0, 0.05) is 4.90 Å². The van der Waals surface area contributed by atoms with Gasteiger partial charge in [0.2, 0.25) is 0 Å². The van der Waals surface area contributed by atoms with Gasteiger partial charge in [0.15, 0.2) is 0 Å². The molecule has 0 spiro atoms. The molecule has 3 heteroatoms. The van der Waals surface area contributed by atoms with Gasteiger partial charge in [0.1, 0.15) is 11.5 Å². The highest BCUT2D eigenvalue weighted by atomic mass is 32.2. The molecule has 0 unspecified atom stereocenters. The van der Waals surface area contributed by atoms with Crippen molar-refractivity contribution in [1.82, 2.24) is 0 Å². The van der Waals surface area contributed by atoms with Crippen molar-refractivity contribution in [2.75, 3.05) is 0 Å². The molecule has 0 amide bonds. The van der Waals surface area contributed by atoms with Crippen LogP contribution in [0.15, 0.2) is 46.2 Å². The highest BCUT2D eigenvalue weighted by Gasteiger charge is 2.10. The van der Waals surface area contributed by atoms with Crippen LogP contribution >= 0.6 is 11.8 Å². The fourth-order valence-electron chi connectivity index (χ4n) is 1.56. The number of hydrogen-bond acceptors (Lipinski definition) is 3. The second-order valence-corrected chi connectivity index (χ2v) is 4.98. The van der Waals surface area contributed by atoms with E-state index in [0.717, 1.165) is 4.90 Å². The zero-order chi connectivity index (χ0) is 12.4. The van der Waals surface area contributed by atoms with Crippen LogP contribution in [0.4, 0.5) is 0 Å². The van der Waals surface area contributed by atoms with E-state index in [1.54, 1.807) is 18.2 Å². The molecule has 0 aliphatic heterocycles. The molecule has 2 aromatic carbocycles. The Morgan fingerprint density at radius 3 is 2.12 bits per heavy atom. The van der Waals surface area contributed by atoms with E-state index in [1.807, 2.05) is 32.0 Å². The third kappa shape index (κ3) is 2.39. The number of phenolic OH excluding ortho intramolecular Hbond substituents is 2. The monoisotopic (exact) mass is 246 g/mol. The molecule has 0 fully saturated rings. The first-order valence-corrected chi connectivity index (χ1v) is 6.16. The largest absolute Gasteiger partial charge is 0.507 e.